The molecule has 1 fully saturated rings. The first-order chi connectivity index (χ1) is 15.2. The number of hydrogen-bond donors (Lipinski definition) is 1. The van der Waals surface area contributed by atoms with Crippen molar-refractivity contribution in [2.75, 3.05) is 46.6 Å². The van der Waals surface area contributed by atoms with E-state index in [2.05, 4.69) is 22.1 Å². The Hall–Kier alpha value is -1.98. The summed E-state index contributed by atoms with van der Waals surface area (Å²) in [6, 6.07) is 9.60. The molecule has 0 aliphatic carbocycles. The Balaban J connectivity index is 0.00000363. The van der Waals surface area contributed by atoms with Crippen LogP contribution in [0.5, 0.6) is 11.6 Å². The quantitative estimate of drug-likeness (QED) is 0.205. The Bertz CT molecular complexity index is 821. The van der Waals surface area contributed by atoms with E-state index in [4.69, 9.17) is 19.2 Å². The number of halogens is 2. The van der Waals surface area contributed by atoms with Crippen LogP contribution < -0.4 is 10.1 Å². The molecular formula is C23H32FIN4O3. The number of nitrogens with one attached hydrogen (secondary N) is 1. The molecule has 1 saturated heterocycles. The van der Waals surface area contributed by atoms with E-state index >= 15 is 0 Å². The summed E-state index contributed by atoms with van der Waals surface area (Å²) in [5, 5.41) is 3.38. The second kappa shape index (κ2) is 14.2. The van der Waals surface area contributed by atoms with E-state index in [1.54, 1.807) is 31.5 Å². The van der Waals surface area contributed by atoms with Gasteiger partial charge in [0.25, 0.3) is 0 Å². The number of nitrogens with zero attached hydrogens (tertiary/aromatic N) is 3. The molecule has 1 aliphatic rings. The molecule has 2 aromatic rings. The molecule has 0 spiro atoms. The summed E-state index contributed by atoms with van der Waals surface area (Å²) < 4.78 is 29.3. The number of likely N-dealkylation sites (tertiary alicyclic amines) is 1. The number of rotatable bonds is 10. The molecule has 1 N–H and O–H groups in total. The van der Waals surface area contributed by atoms with Crippen LogP contribution in [0.15, 0.2) is 47.6 Å². The van der Waals surface area contributed by atoms with Crippen LogP contribution in [0.4, 0.5) is 4.39 Å². The molecule has 32 heavy (non-hydrogen) atoms. The molecule has 1 aromatic carbocycles. The van der Waals surface area contributed by atoms with Crippen LogP contribution in [0.3, 0.4) is 0 Å². The molecule has 3 rings (SSSR count). The monoisotopic (exact) mass is 558 g/mol. The van der Waals surface area contributed by atoms with Gasteiger partial charge in [0.15, 0.2) is 5.96 Å². The zero-order valence-corrected chi connectivity index (χ0v) is 21.0. The number of hydrogen-bond acceptors (Lipinski definition) is 5. The van der Waals surface area contributed by atoms with Gasteiger partial charge >= 0.3 is 0 Å². The third kappa shape index (κ3) is 8.51. The highest BCUT2D eigenvalue weighted by molar-refractivity contribution is 14.0. The van der Waals surface area contributed by atoms with Crippen molar-refractivity contribution in [2.24, 2.45) is 10.9 Å². The Morgan fingerprint density at radius 3 is 2.72 bits per heavy atom. The third-order valence-corrected chi connectivity index (χ3v) is 4.95. The maximum atomic E-state index is 13.0. The van der Waals surface area contributed by atoms with Crippen molar-refractivity contribution in [1.82, 2.24) is 15.2 Å². The first kappa shape index (κ1) is 26.3. The summed E-state index contributed by atoms with van der Waals surface area (Å²) in [4.78, 5) is 11.4. The van der Waals surface area contributed by atoms with Crippen LogP contribution in [0.2, 0.25) is 0 Å². The van der Waals surface area contributed by atoms with Crippen LogP contribution in [-0.4, -0.2) is 62.4 Å². The van der Waals surface area contributed by atoms with Crippen molar-refractivity contribution < 1.29 is 18.6 Å². The lowest BCUT2D eigenvalue weighted by atomic mass is 10.1. The molecular weight excluding hydrogens is 526 g/mol. The van der Waals surface area contributed by atoms with Gasteiger partial charge in [-0.3, -0.25) is 0 Å². The topological polar surface area (TPSA) is 68.2 Å². The summed E-state index contributed by atoms with van der Waals surface area (Å²) in [6.07, 6.45) is 2.84. The van der Waals surface area contributed by atoms with Crippen molar-refractivity contribution in [1.29, 1.82) is 0 Å². The van der Waals surface area contributed by atoms with Gasteiger partial charge in [-0.15, -0.1) is 24.0 Å². The van der Waals surface area contributed by atoms with Gasteiger partial charge in [-0.2, -0.15) is 0 Å². The van der Waals surface area contributed by atoms with Crippen LogP contribution in [-0.2, 0) is 16.0 Å². The summed E-state index contributed by atoms with van der Waals surface area (Å²) in [5.74, 6) is 2.12. The fourth-order valence-electron chi connectivity index (χ4n) is 3.33. The Kier molecular flexibility index (Phi) is 11.7. The maximum absolute atomic E-state index is 13.0. The van der Waals surface area contributed by atoms with E-state index in [0.29, 0.717) is 37.3 Å². The third-order valence-electron chi connectivity index (χ3n) is 4.95. The van der Waals surface area contributed by atoms with E-state index in [0.717, 1.165) is 44.2 Å². The lowest BCUT2D eigenvalue weighted by Gasteiger charge is -2.21. The van der Waals surface area contributed by atoms with Crippen molar-refractivity contribution in [3.63, 3.8) is 0 Å². The Morgan fingerprint density at radius 1 is 1.22 bits per heavy atom. The number of aromatic nitrogens is 1. The number of guanidine groups is 1. The van der Waals surface area contributed by atoms with Crippen molar-refractivity contribution in [2.45, 2.75) is 19.9 Å². The Morgan fingerprint density at radius 2 is 2.03 bits per heavy atom. The van der Waals surface area contributed by atoms with Crippen LogP contribution in [0, 0.1) is 11.7 Å². The second-order valence-electron chi connectivity index (χ2n) is 7.40. The van der Waals surface area contributed by atoms with Crippen molar-refractivity contribution in [3.05, 3.63) is 54.0 Å². The predicted octanol–water partition coefficient (Wildman–Crippen LogP) is 4.08. The molecule has 176 valence electrons. The number of ether oxygens (including phenoxy) is 3. The molecule has 0 saturated carbocycles. The van der Waals surface area contributed by atoms with Crippen LogP contribution in [0.25, 0.3) is 0 Å². The van der Waals surface area contributed by atoms with Gasteiger partial charge in [0, 0.05) is 44.9 Å². The van der Waals surface area contributed by atoms with Gasteiger partial charge in [-0.05, 0) is 43.2 Å². The lowest BCUT2D eigenvalue weighted by molar-refractivity contribution is 0.0536. The molecule has 1 unspecified atom stereocenters. The minimum atomic E-state index is -0.298. The second-order valence-corrected chi connectivity index (χ2v) is 7.40. The number of pyridine rings is 1. The van der Waals surface area contributed by atoms with E-state index in [-0.39, 0.29) is 29.8 Å². The largest absolute Gasteiger partial charge is 0.439 e. The first-order valence-electron chi connectivity index (χ1n) is 10.7. The normalized spacial score (nSPS) is 16.0. The molecule has 0 radical (unpaired) electrons. The van der Waals surface area contributed by atoms with Crippen LogP contribution >= 0.6 is 24.0 Å². The molecule has 1 aliphatic heterocycles. The predicted molar refractivity (Wildman–Crippen MR) is 133 cm³/mol. The lowest BCUT2D eigenvalue weighted by Crippen LogP contribution is -2.40. The zero-order chi connectivity index (χ0) is 21.9. The summed E-state index contributed by atoms with van der Waals surface area (Å²) in [6.45, 7) is 7.31. The average Bonchev–Trinajstić information content (AvgIpc) is 3.25. The molecule has 1 atom stereocenters. The van der Waals surface area contributed by atoms with E-state index in [9.17, 15) is 4.39 Å². The summed E-state index contributed by atoms with van der Waals surface area (Å²) in [7, 11) is 1.68. The van der Waals surface area contributed by atoms with Gasteiger partial charge in [-0.1, -0.05) is 6.07 Å². The minimum Gasteiger partial charge on any atom is -0.439 e. The first-order valence-corrected chi connectivity index (χ1v) is 10.7. The Labute approximate surface area is 206 Å². The van der Waals surface area contributed by atoms with Gasteiger partial charge in [0.1, 0.15) is 11.6 Å². The smallest absolute Gasteiger partial charge is 0.219 e. The van der Waals surface area contributed by atoms with E-state index in [1.807, 2.05) is 6.07 Å². The molecule has 7 nitrogen and oxygen atoms in total. The van der Waals surface area contributed by atoms with Crippen LogP contribution in [0.1, 0.15) is 18.9 Å². The van der Waals surface area contributed by atoms with Gasteiger partial charge in [0.05, 0.1) is 26.4 Å². The highest BCUT2D eigenvalue weighted by atomic mass is 127. The van der Waals surface area contributed by atoms with E-state index in [1.165, 1.54) is 12.1 Å². The summed E-state index contributed by atoms with van der Waals surface area (Å²) in [5.41, 5.74) is 0.987. The molecule has 2 heterocycles. The van der Waals surface area contributed by atoms with Crippen molar-refractivity contribution >= 4 is 29.9 Å². The highest BCUT2D eigenvalue weighted by Crippen LogP contribution is 2.20. The highest BCUT2D eigenvalue weighted by Gasteiger charge is 2.24. The fraction of sp³-hybridized carbons (Fsp3) is 0.478. The van der Waals surface area contributed by atoms with Gasteiger partial charge in [-0.25, -0.2) is 14.4 Å². The SMILES string of the molecule is CCNC(=NCc1ccc(Oc2ccc(F)cc2)nc1)N1CCC(COCCOC)C1.I. The molecule has 9 heteroatoms. The minimum absolute atomic E-state index is 0. The number of benzene rings is 1. The van der Waals surface area contributed by atoms with Crippen molar-refractivity contribution in [3.8, 4) is 11.6 Å². The average molecular weight is 558 g/mol. The fourth-order valence-corrected chi connectivity index (χ4v) is 3.33. The standard InChI is InChI=1S/C23H31FN4O3.HI/c1-3-25-23(28-11-10-19(16-28)17-30-13-12-29-2)27-15-18-4-9-22(26-14-18)31-21-7-5-20(24)6-8-21;/h4-9,14,19H,3,10-13,15-17H2,1-2H3,(H,25,27);1H. The maximum Gasteiger partial charge on any atom is 0.219 e. The number of aliphatic imine (C=N–C) groups is 1. The van der Waals surface area contributed by atoms with Gasteiger partial charge in [0.2, 0.25) is 5.88 Å². The zero-order valence-electron chi connectivity index (χ0n) is 18.6. The molecule has 1 aromatic heterocycles. The molecule has 0 bridgehead atoms. The van der Waals surface area contributed by atoms with E-state index < -0.39 is 0 Å². The number of methoxy groups -OCH3 is 1. The summed E-state index contributed by atoms with van der Waals surface area (Å²) >= 11 is 0. The molecule has 0 amide bonds. The van der Waals surface area contributed by atoms with Gasteiger partial charge < -0.3 is 24.4 Å².